The van der Waals surface area contributed by atoms with Crippen molar-refractivity contribution in [3.63, 3.8) is 0 Å². The third kappa shape index (κ3) is 3.29. The van der Waals surface area contributed by atoms with E-state index in [-0.39, 0.29) is 6.61 Å². The number of halogens is 1. The molecule has 78 valence electrons. The number of rotatable bonds is 4. The number of nitrogens with zero attached hydrogens (tertiary/aromatic N) is 1. The Morgan fingerprint density at radius 1 is 1.29 bits per heavy atom. The van der Waals surface area contributed by atoms with Crippen LogP contribution in [0.15, 0.2) is 24.3 Å². The van der Waals surface area contributed by atoms with Gasteiger partial charge >= 0.3 is 0 Å². The van der Waals surface area contributed by atoms with E-state index in [0.717, 1.165) is 28.2 Å². The van der Waals surface area contributed by atoms with Crippen LogP contribution < -0.4 is 0 Å². The normalized spacial score (nSPS) is 11.7. The molecule has 0 heterocycles. The number of quaternary nitrogens is 1. The van der Waals surface area contributed by atoms with Crippen LogP contribution in [0.1, 0.15) is 5.56 Å². The van der Waals surface area contributed by atoms with Crippen molar-refractivity contribution in [2.24, 2.45) is 0 Å². The van der Waals surface area contributed by atoms with Gasteiger partial charge in [-0.1, -0.05) is 29.8 Å². The number of likely N-dealkylation sites (N-methyl/N-ethyl adjacent to an activating group) is 1. The number of aliphatic hydroxyl groups excluding tert-OH is 1. The van der Waals surface area contributed by atoms with Gasteiger partial charge in [0.1, 0.15) is 13.1 Å². The molecule has 14 heavy (non-hydrogen) atoms. The van der Waals surface area contributed by atoms with Crippen LogP contribution in [0, 0.1) is 0 Å². The Morgan fingerprint density at radius 3 is 2.50 bits per heavy atom. The van der Waals surface area contributed by atoms with Gasteiger partial charge in [-0.2, -0.15) is 0 Å². The molecule has 1 aromatic carbocycles. The highest BCUT2D eigenvalue weighted by Gasteiger charge is 2.16. The van der Waals surface area contributed by atoms with Crippen LogP contribution in [0.4, 0.5) is 0 Å². The number of hydrogen-bond acceptors (Lipinski definition) is 1. The van der Waals surface area contributed by atoms with Crippen LogP contribution in [0.3, 0.4) is 0 Å². The molecular formula is C11H17ClNO+. The van der Waals surface area contributed by atoms with Crippen LogP contribution >= 0.6 is 11.6 Å². The predicted octanol–water partition coefficient (Wildman–Crippen LogP) is 1.91. The summed E-state index contributed by atoms with van der Waals surface area (Å²) in [7, 11) is 4.17. The molecule has 0 spiro atoms. The highest BCUT2D eigenvalue weighted by Crippen LogP contribution is 2.18. The number of aliphatic hydroxyl groups is 1. The van der Waals surface area contributed by atoms with Gasteiger partial charge < -0.3 is 9.59 Å². The summed E-state index contributed by atoms with van der Waals surface area (Å²) in [6, 6.07) is 7.84. The van der Waals surface area contributed by atoms with Gasteiger partial charge in [-0.15, -0.1) is 0 Å². The lowest BCUT2D eigenvalue weighted by Crippen LogP contribution is -2.41. The Balaban J connectivity index is 2.73. The van der Waals surface area contributed by atoms with Crippen LogP contribution in [0.2, 0.25) is 5.02 Å². The Kier molecular flexibility index (Phi) is 3.93. The van der Waals surface area contributed by atoms with E-state index in [4.69, 9.17) is 16.7 Å². The molecule has 1 rings (SSSR count). The first kappa shape index (κ1) is 11.5. The van der Waals surface area contributed by atoms with Crippen molar-refractivity contribution in [2.45, 2.75) is 6.54 Å². The van der Waals surface area contributed by atoms with Crippen molar-refractivity contribution in [2.75, 3.05) is 27.2 Å². The largest absolute Gasteiger partial charge is 0.391 e. The van der Waals surface area contributed by atoms with E-state index in [1.165, 1.54) is 0 Å². The fourth-order valence-electron chi connectivity index (χ4n) is 1.44. The van der Waals surface area contributed by atoms with Crippen molar-refractivity contribution in [3.8, 4) is 0 Å². The minimum Gasteiger partial charge on any atom is -0.391 e. The smallest absolute Gasteiger partial charge is 0.105 e. The average Bonchev–Trinajstić information content (AvgIpc) is 2.08. The first-order valence-electron chi connectivity index (χ1n) is 4.71. The highest BCUT2D eigenvalue weighted by molar-refractivity contribution is 6.31. The summed E-state index contributed by atoms with van der Waals surface area (Å²) in [5.41, 5.74) is 1.13. The van der Waals surface area contributed by atoms with Gasteiger partial charge in [-0.3, -0.25) is 0 Å². The van der Waals surface area contributed by atoms with Gasteiger partial charge in [0.2, 0.25) is 0 Å². The van der Waals surface area contributed by atoms with Gasteiger partial charge in [0.15, 0.2) is 0 Å². The molecule has 0 aliphatic carbocycles. The molecule has 0 radical (unpaired) electrons. The minimum atomic E-state index is 0.206. The molecule has 0 aliphatic heterocycles. The molecule has 0 saturated heterocycles. The van der Waals surface area contributed by atoms with E-state index >= 15 is 0 Å². The summed E-state index contributed by atoms with van der Waals surface area (Å²) in [4.78, 5) is 0. The number of benzene rings is 1. The molecule has 0 fully saturated rings. The van der Waals surface area contributed by atoms with Crippen LogP contribution in [0.5, 0.6) is 0 Å². The van der Waals surface area contributed by atoms with Gasteiger partial charge in [0, 0.05) is 10.6 Å². The third-order valence-electron chi connectivity index (χ3n) is 2.26. The molecule has 0 aromatic heterocycles. The zero-order chi connectivity index (χ0) is 10.6. The summed E-state index contributed by atoms with van der Waals surface area (Å²) in [5, 5.41) is 9.70. The van der Waals surface area contributed by atoms with Crippen LogP contribution in [-0.2, 0) is 6.54 Å². The predicted molar refractivity (Wildman–Crippen MR) is 59.2 cm³/mol. The molecule has 0 unspecified atom stereocenters. The third-order valence-corrected chi connectivity index (χ3v) is 2.63. The lowest BCUT2D eigenvalue weighted by Gasteiger charge is -2.29. The van der Waals surface area contributed by atoms with E-state index in [1.54, 1.807) is 0 Å². The summed E-state index contributed by atoms with van der Waals surface area (Å²) < 4.78 is 0.750. The molecule has 0 aliphatic rings. The maximum Gasteiger partial charge on any atom is 0.105 e. The molecule has 0 bridgehead atoms. The first-order chi connectivity index (χ1) is 6.55. The Bertz CT molecular complexity index is 299. The molecule has 0 amide bonds. The zero-order valence-electron chi connectivity index (χ0n) is 8.70. The SMILES string of the molecule is C[N+](C)(CCO)Cc1ccccc1Cl. The second-order valence-corrected chi connectivity index (χ2v) is 4.54. The van der Waals surface area contributed by atoms with Gasteiger partial charge in [0.05, 0.1) is 20.7 Å². The monoisotopic (exact) mass is 214 g/mol. The Hall–Kier alpha value is -0.570. The molecule has 2 nitrogen and oxygen atoms in total. The second-order valence-electron chi connectivity index (χ2n) is 4.13. The zero-order valence-corrected chi connectivity index (χ0v) is 9.46. The lowest BCUT2D eigenvalue weighted by molar-refractivity contribution is -0.903. The Labute approximate surface area is 90.3 Å². The van der Waals surface area contributed by atoms with E-state index in [2.05, 4.69) is 14.1 Å². The maximum atomic E-state index is 8.90. The fourth-order valence-corrected chi connectivity index (χ4v) is 1.63. The molecule has 1 aromatic rings. The molecule has 3 heteroatoms. The van der Waals surface area contributed by atoms with Crippen molar-refractivity contribution < 1.29 is 9.59 Å². The molecular weight excluding hydrogens is 198 g/mol. The van der Waals surface area contributed by atoms with Crippen molar-refractivity contribution in [1.82, 2.24) is 0 Å². The van der Waals surface area contributed by atoms with Gasteiger partial charge in [-0.05, 0) is 6.07 Å². The molecule has 0 saturated carbocycles. The highest BCUT2D eigenvalue weighted by atomic mass is 35.5. The van der Waals surface area contributed by atoms with Gasteiger partial charge in [0.25, 0.3) is 0 Å². The van der Waals surface area contributed by atoms with Crippen molar-refractivity contribution >= 4 is 11.6 Å². The standard InChI is InChI=1S/C11H17ClNO/c1-13(2,7-8-14)9-10-5-3-4-6-11(10)12/h3-6,14H,7-9H2,1-2H3/q+1. The summed E-state index contributed by atoms with van der Waals surface area (Å²) >= 11 is 6.06. The van der Waals surface area contributed by atoms with Crippen molar-refractivity contribution in [3.05, 3.63) is 34.9 Å². The summed E-state index contributed by atoms with van der Waals surface area (Å²) in [6.07, 6.45) is 0. The van der Waals surface area contributed by atoms with Crippen molar-refractivity contribution in [1.29, 1.82) is 0 Å². The average molecular weight is 215 g/mol. The molecule has 0 atom stereocenters. The summed E-state index contributed by atoms with van der Waals surface area (Å²) in [5.74, 6) is 0. The minimum absolute atomic E-state index is 0.206. The summed E-state index contributed by atoms with van der Waals surface area (Å²) in [6.45, 7) is 1.79. The van der Waals surface area contributed by atoms with Gasteiger partial charge in [-0.25, -0.2) is 0 Å². The lowest BCUT2D eigenvalue weighted by atomic mass is 10.2. The number of hydrogen-bond donors (Lipinski definition) is 1. The van der Waals surface area contributed by atoms with E-state index in [0.29, 0.717) is 0 Å². The quantitative estimate of drug-likeness (QED) is 0.760. The second kappa shape index (κ2) is 4.78. The van der Waals surface area contributed by atoms with E-state index < -0.39 is 0 Å². The maximum absolute atomic E-state index is 8.90. The van der Waals surface area contributed by atoms with Crippen LogP contribution in [0.25, 0.3) is 0 Å². The Morgan fingerprint density at radius 2 is 1.93 bits per heavy atom. The first-order valence-corrected chi connectivity index (χ1v) is 5.09. The van der Waals surface area contributed by atoms with Crippen LogP contribution in [-0.4, -0.2) is 36.8 Å². The molecule has 1 N–H and O–H groups in total. The van der Waals surface area contributed by atoms with E-state index in [9.17, 15) is 0 Å². The topological polar surface area (TPSA) is 20.2 Å². The van der Waals surface area contributed by atoms with E-state index in [1.807, 2.05) is 24.3 Å². The fraction of sp³-hybridized carbons (Fsp3) is 0.455.